The van der Waals surface area contributed by atoms with E-state index in [-0.39, 0.29) is 12.4 Å². The van der Waals surface area contributed by atoms with Gasteiger partial charge in [-0.2, -0.15) is 0 Å². The Hall–Kier alpha value is -2.63. The van der Waals surface area contributed by atoms with Crippen LogP contribution in [0.25, 0.3) is 22.2 Å². The van der Waals surface area contributed by atoms with E-state index in [0.29, 0.717) is 6.61 Å². The summed E-state index contributed by atoms with van der Waals surface area (Å²) in [6.45, 7) is 3.43. The highest BCUT2D eigenvalue weighted by molar-refractivity contribution is 5.83. The molecule has 0 radical (unpaired) electrons. The highest BCUT2D eigenvalue weighted by atomic mass is 16.7. The van der Waals surface area contributed by atoms with Crippen LogP contribution < -0.4 is 9.64 Å². The lowest BCUT2D eigenvalue weighted by molar-refractivity contribution is -0.193. The van der Waals surface area contributed by atoms with Gasteiger partial charge in [-0.3, -0.25) is 0 Å². The minimum atomic E-state index is -0.0895. The summed E-state index contributed by atoms with van der Waals surface area (Å²) in [5, 5.41) is 1.07. The number of ether oxygens (including phenoxy) is 3. The first-order valence-electron chi connectivity index (χ1n) is 11.2. The molecule has 0 spiro atoms. The highest BCUT2D eigenvalue weighted by Crippen LogP contribution is 2.26. The minimum Gasteiger partial charge on any atom is -0.491 e. The third kappa shape index (κ3) is 5.54. The number of fused-ring (bicyclic) bond motifs is 1. The third-order valence-electron chi connectivity index (χ3n) is 5.71. The van der Waals surface area contributed by atoms with E-state index in [1.165, 1.54) is 12.1 Å². The van der Waals surface area contributed by atoms with Gasteiger partial charge in [-0.25, -0.2) is 4.98 Å². The molecular formula is C26H32N2O3. The van der Waals surface area contributed by atoms with Crippen LogP contribution in [-0.2, 0) is 9.47 Å². The zero-order chi connectivity index (χ0) is 21.6. The van der Waals surface area contributed by atoms with Crippen molar-refractivity contribution in [1.29, 1.82) is 0 Å². The lowest BCUT2D eigenvalue weighted by Gasteiger charge is -2.27. The van der Waals surface area contributed by atoms with Crippen molar-refractivity contribution < 1.29 is 14.2 Å². The van der Waals surface area contributed by atoms with Gasteiger partial charge < -0.3 is 19.1 Å². The second-order valence-corrected chi connectivity index (χ2v) is 8.27. The van der Waals surface area contributed by atoms with Gasteiger partial charge in [-0.15, -0.1) is 0 Å². The van der Waals surface area contributed by atoms with Crippen molar-refractivity contribution in [3.05, 3.63) is 54.6 Å². The Labute approximate surface area is 184 Å². The van der Waals surface area contributed by atoms with Crippen LogP contribution in [0.2, 0.25) is 0 Å². The van der Waals surface area contributed by atoms with E-state index in [1.807, 2.05) is 32.3 Å². The Morgan fingerprint density at radius 3 is 2.61 bits per heavy atom. The van der Waals surface area contributed by atoms with Crippen molar-refractivity contribution in [3.8, 4) is 17.0 Å². The number of rotatable bonds is 8. The molecule has 1 saturated heterocycles. The average molecular weight is 421 g/mol. The molecule has 164 valence electrons. The van der Waals surface area contributed by atoms with E-state index >= 15 is 0 Å². The van der Waals surface area contributed by atoms with Gasteiger partial charge in [-0.05, 0) is 62.1 Å². The molecule has 2 aromatic carbocycles. The van der Waals surface area contributed by atoms with E-state index in [9.17, 15) is 0 Å². The van der Waals surface area contributed by atoms with E-state index in [4.69, 9.17) is 19.2 Å². The highest BCUT2D eigenvalue weighted by Gasteiger charge is 2.19. The van der Waals surface area contributed by atoms with Gasteiger partial charge in [0, 0.05) is 37.3 Å². The number of aromatic nitrogens is 1. The Morgan fingerprint density at radius 2 is 1.90 bits per heavy atom. The fourth-order valence-electron chi connectivity index (χ4n) is 3.76. The molecule has 2 atom stereocenters. The number of pyridine rings is 1. The van der Waals surface area contributed by atoms with Gasteiger partial charge >= 0.3 is 0 Å². The number of benzene rings is 2. The van der Waals surface area contributed by atoms with Crippen molar-refractivity contribution in [2.75, 3.05) is 32.2 Å². The molecule has 0 amide bonds. The molecular weight excluding hydrogens is 388 g/mol. The summed E-state index contributed by atoms with van der Waals surface area (Å²) in [4.78, 5) is 6.93. The topological polar surface area (TPSA) is 43.8 Å². The molecule has 5 heteroatoms. The van der Waals surface area contributed by atoms with Crippen LogP contribution in [0.5, 0.6) is 5.75 Å². The van der Waals surface area contributed by atoms with Gasteiger partial charge in [0.15, 0.2) is 6.29 Å². The van der Waals surface area contributed by atoms with Gasteiger partial charge in [0.2, 0.25) is 0 Å². The lowest BCUT2D eigenvalue weighted by Crippen LogP contribution is -2.31. The maximum atomic E-state index is 6.08. The van der Waals surface area contributed by atoms with Crippen molar-refractivity contribution in [1.82, 2.24) is 4.98 Å². The standard InChI is InChI=1S/C26H32N2O3/c1-4-22(31-26-7-5-6-16-29-26)18-30-23-13-15-25-20(17-23)10-14-24(27-25)19-8-11-21(12-9-19)28(2)3/h8-15,17,22,26H,4-7,16,18H2,1-3H3/t22-,26?/m1/s1. The van der Waals surface area contributed by atoms with E-state index < -0.39 is 0 Å². The first kappa shape index (κ1) is 21.6. The fraction of sp³-hybridized carbons (Fsp3) is 0.423. The molecule has 1 aliphatic heterocycles. The molecule has 0 N–H and O–H groups in total. The zero-order valence-electron chi connectivity index (χ0n) is 18.7. The molecule has 1 aromatic heterocycles. The monoisotopic (exact) mass is 420 g/mol. The summed E-state index contributed by atoms with van der Waals surface area (Å²) in [6.07, 6.45) is 4.10. The molecule has 4 rings (SSSR count). The summed E-state index contributed by atoms with van der Waals surface area (Å²) in [6, 6.07) is 18.7. The minimum absolute atomic E-state index is 0.0319. The van der Waals surface area contributed by atoms with Crippen LogP contribution >= 0.6 is 0 Å². The molecule has 1 unspecified atom stereocenters. The number of nitrogens with zero attached hydrogens (tertiary/aromatic N) is 2. The van der Waals surface area contributed by atoms with E-state index in [2.05, 4.69) is 48.2 Å². The molecule has 1 fully saturated rings. The Bertz CT molecular complexity index is 982. The molecule has 3 aromatic rings. The predicted molar refractivity (Wildman–Crippen MR) is 126 cm³/mol. The third-order valence-corrected chi connectivity index (χ3v) is 5.71. The average Bonchev–Trinajstić information content (AvgIpc) is 2.82. The van der Waals surface area contributed by atoms with Crippen LogP contribution in [0.3, 0.4) is 0 Å². The van der Waals surface area contributed by atoms with Crippen LogP contribution in [-0.4, -0.2) is 44.7 Å². The second kappa shape index (κ2) is 10.1. The van der Waals surface area contributed by atoms with Crippen molar-refractivity contribution >= 4 is 16.6 Å². The summed E-state index contributed by atoms with van der Waals surface area (Å²) < 4.78 is 17.8. The van der Waals surface area contributed by atoms with E-state index in [0.717, 1.165) is 53.8 Å². The molecule has 2 heterocycles. The Balaban J connectivity index is 1.41. The largest absolute Gasteiger partial charge is 0.491 e. The van der Waals surface area contributed by atoms with Crippen molar-refractivity contribution in [2.45, 2.75) is 45.0 Å². The summed E-state index contributed by atoms with van der Waals surface area (Å²) in [5.74, 6) is 0.837. The Kier molecular flexibility index (Phi) is 7.05. The molecule has 0 bridgehead atoms. The number of hydrogen-bond acceptors (Lipinski definition) is 5. The van der Waals surface area contributed by atoms with Crippen LogP contribution in [0, 0.1) is 0 Å². The molecule has 0 aliphatic carbocycles. The molecule has 0 saturated carbocycles. The van der Waals surface area contributed by atoms with Crippen molar-refractivity contribution in [3.63, 3.8) is 0 Å². The quantitative estimate of drug-likeness (QED) is 0.470. The number of hydrogen-bond donors (Lipinski definition) is 0. The van der Waals surface area contributed by atoms with Crippen LogP contribution in [0.4, 0.5) is 5.69 Å². The fourth-order valence-corrected chi connectivity index (χ4v) is 3.76. The maximum absolute atomic E-state index is 6.08. The first-order valence-corrected chi connectivity index (χ1v) is 11.2. The van der Waals surface area contributed by atoms with Gasteiger partial charge in [0.1, 0.15) is 12.4 Å². The SMILES string of the molecule is CC[C@H](COc1ccc2nc(-c3ccc(N(C)C)cc3)ccc2c1)OC1CCCCO1. The summed E-state index contributed by atoms with van der Waals surface area (Å²) in [7, 11) is 4.09. The first-order chi connectivity index (χ1) is 15.1. The normalized spacial score (nSPS) is 17.5. The maximum Gasteiger partial charge on any atom is 0.158 e. The summed E-state index contributed by atoms with van der Waals surface area (Å²) >= 11 is 0. The summed E-state index contributed by atoms with van der Waals surface area (Å²) in [5.41, 5.74) is 4.22. The van der Waals surface area contributed by atoms with E-state index in [1.54, 1.807) is 0 Å². The Morgan fingerprint density at radius 1 is 1.06 bits per heavy atom. The van der Waals surface area contributed by atoms with Crippen LogP contribution in [0.1, 0.15) is 32.6 Å². The molecule has 31 heavy (non-hydrogen) atoms. The molecule has 1 aliphatic rings. The van der Waals surface area contributed by atoms with Gasteiger partial charge in [0.25, 0.3) is 0 Å². The smallest absolute Gasteiger partial charge is 0.158 e. The lowest BCUT2D eigenvalue weighted by atomic mass is 10.1. The van der Waals surface area contributed by atoms with Crippen LogP contribution in [0.15, 0.2) is 54.6 Å². The number of anilines is 1. The zero-order valence-corrected chi connectivity index (χ0v) is 18.7. The van der Waals surface area contributed by atoms with Gasteiger partial charge in [0.05, 0.1) is 17.3 Å². The predicted octanol–water partition coefficient (Wildman–Crippen LogP) is 5.67. The van der Waals surface area contributed by atoms with Gasteiger partial charge in [-0.1, -0.05) is 25.1 Å². The second-order valence-electron chi connectivity index (χ2n) is 8.27. The molecule has 5 nitrogen and oxygen atoms in total. The van der Waals surface area contributed by atoms with Crippen molar-refractivity contribution in [2.24, 2.45) is 0 Å².